The van der Waals surface area contributed by atoms with E-state index in [0.29, 0.717) is 11.6 Å². The maximum absolute atomic E-state index is 5.96. The molecule has 1 heterocycles. The minimum Gasteiger partial charge on any atom is -0.488 e. The van der Waals surface area contributed by atoms with E-state index in [1.165, 1.54) is 0 Å². The normalized spacial score (nSPS) is 12.4. The molecule has 2 N–H and O–H groups in total. The van der Waals surface area contributed by atoms with Crippen LogP contribution in [0.15, 0.2) is 30.6 Å². The second-order valence-corrected chi connectivity index (χ2v) is 4.72. The van der Waals surface area contributed by atoms with Gasteiger partial charge in [0, 0.05) is 35.4 Å². The molecule has 5 heteroatoms. The quantitative estimate of drug-likeness (QED) is 0.925. The number of aromatic nitrogens is 2. The highest BCUT2D eigenvalue weighted by atomic mass is 35.5. The van der Waals surface area contributed by atoms with Crippen LogP contribution in [-0.2, 0) is 13.7 Å². The van der Waals surface area contributed by atoms with Crippen molar-refractivity contribution >= 4 is 11.6 Å². The van der Waals surface area contributed by atoms with Crippen LogP contribution in [0.25, 0.3) is 0 Å². The van der Waals surface area contributed by atoms with Gasteiger partial charge in [-0.3, -0.25) is 4.68 Å². The highest BCUT2D eigenvalue weighted by Gasteiger charge is 2.09. The fourth-order valence-electron chi connectivity index (χ4n) is 1.71. The first-order valence-electron chi connectivity index (χ1n) is 5.71. The molecule has 0 unspecified atom stereocenters. The number of aryl methyl sites for hydroxylation is 1. The zero-order valence-corrected chi connectivity index (χ0v) is 11.2. The maximum atomic E-state index is 5.96. The van der Waals surface area contributed by atoms with Gasteiger partial charge >= 0.3 is 0 Å². The van der Waals surface area contributed by atoms with Crippen LogP contribution in [0.3, 0.4) is 0 Å². The zero-order valence-electron chi connectivity index (χ0n) is 10.4. The van der Waals surface area contributed by atoms with E-state index in [4.69, 9.17) is 22.1 Å². The van der Waals surface area contributed by atoms with E-state index >= 15 is 0 Å². The van der Waals surface area contributed by atoms with Crippen LogP contribution in [-0.4, -0.2) is 9.78 Å². The Balaban J connectivity index is 2.13. The summed E-state index contributed by atoms with van der Waals surface area (Å²) in [6.45, 7) is 2.37. The largest absolute Gasteiger partial charge is 0.488 e. The highest BCUT2D eigenvalue weighted by molar-refractivity contribution is 6.30. The number of halogens is 1. The van der Waals surface area contributed by atoms with Crippen molar-refractivity contribution in [2.24, 2.45) is 12.8 Å². The van der Waals surface area contributed by atoms with Gasteiger partial charge < -0.3 is 10.5 Å². The zero-order chi connectivity index (χ0) is 13.1. The van der Waals surface area contributed by atoms with Crippen molar-refractivity contribution < 1.29 is 4.74 Å². The molecular formula is C13H16ClN3O. The van der Waals surface area contributed by atoms with Gasteiger partial charge in [0.25, 0.3) is 0 Å². The number of rotatable bonds is 4. The Morgan fingerprint density at radius 1 is 1.50 bits per heavy atom. The van der Waals surface area contributed by atoms with Crippen molar-refractivity contribution in [1.29, 1.82) is 0 Å². The Morgan fingerprint density at radius 3 is 2.89 bits per heavy atom. The van der Waals surface area contributed by atoms with Gasteiger partial charge in [0.05, 0.1) is 6.20 Å². The van der Waals surface area contributed by atoms with Crippen LogP contribution < -0.4 is 10.5 Å². The van der Waals surface area contributed by atoms with E-state index in [1.807, 2.05) is 32.3 Å². The number of ether oxygens (including phenoxy) is 1. The van der Waals surface area contributed by atoms with Crippen LogP contribution in [0.2, 0.25) is 5.02 Å². The summed E-state index contributed by atoms with van der Waals surface area (Å²) >= 11 is 5.96. The molecule has 0 aliphatic carbocycles. The molecule has 0 spiro atoms. The van der Waals surface area contributed by atoms with Crippen molar-refractivity contribution in [3.05, 3.63) is 46.7 Å². The first-order valence-corrected chi connectivity index (χ1v) is 6.09. The van der Waals surface area contributed by atoms with E-state index in [9.17, 15) is 0 Å². The number of hydrogen-bond donors (Lipinski definition) is 1. The molecule has 1 aromatic heterocycles. The summed E-state index contributed by atoms with van der Waals surface area (Å²) < 4.78 is 7.50. The lowest BCUT2D eigenvalue weighted by Gasteiger charge is -2.13. The second kappa shape index (κ2) is 5.42. The summed E-state index contributed by atoms with van der Waals surface area (Å²) in [6.07, 6.45) is 3.70. The number of benzene rings is 1. The lowest BCUT2D eigenvalue weighted by Crippen LogP contribution is -2.08. The van der Waals surface area contributed by atoms with Gasteiger partial charge in [-0.2, -0.15) is 5.10 Å². The van der Waals surface area contributed by atoms with Crippen molar-refractivity contribution in [1.82, 2.24) is 9.78 Å². The molecule has 2 aromatic rings. The Morgan fingerprint density at radius 2 is 2.28 bits per heavy atom. The average Bonchev–Trinajstić information content (AvgIpc) is 2.73. The van der Waals surface area contributed by atoms with E-state index in [1.54, 1.807) is 16.9 Å². The summed E-state index contributed by atoms with van der Waals surface area (Å²) in [4.78, 5) is 0. The number of nitrogens with zero attached hydrogens (tertiary/aromatic N) is 2. The molecule has 2 rings (SSSR count). The van der Waals surface area contributed by atoms with Crippen molar-refractivity contribution in [3.8, 4) is 5.75 Å². The van der Waals surface area contributed by atoms with Gasteiger partial charge in [-0.25, -0.2) is 0 Å². The summed E-state index contributed by atoms with van der Waals surface area (Å²) in [6, 6.07) is 5.36. The predicted octanol–water partition coefficient (Wildman–Crippen LogP) is 2.67. The summed E-state index contributed by atoms with van der Waals surface area (Å²) in [5.41, 5.74) is 7.83. The lowest BCUT2D eigenvalue weighted by molar-refractivity contribution is 0.301. The standard InChI is InChI=1S/C13H16ClN3O/c1-9(15)12-5-11(14)3-4-13(12)18-8-10-6-16-17(2)7-10/h3-7,9H,8,15H2,1-2H3/t9-/m1/s1. The molecule has 0 saturated heterocycles. The molecule has 18 heavy (non-hydrogen) atoms. The van der Waals surface area contributed by atoms with E-state index in [-0.39, 0.29) is 6.04 Å². The van der Waals surface area contributed by atoms with Crippen LogP contribution >= 0.6 is 11.6 Å². The number of nitrogens with two attached hydrogens (primary N) is 1. The molecule has 0 amide bonds. The smallest absolute Gasteiger partial charge is 0.124 e. The summed E-state index contributed by atoms with van der Waals surface area (Å²) in [5.74, 6) is 0.762. The van der Waals surface area contributed by atoms with Crippen LogP contribution in [0.1, 0.15) is 24.1 Å². The van der Waals surface area contributed by atoms with Gasteiger partial charge in [0.2, 0.25) is 0 Å². The SMILES string of the molecule is C[C@@H](N)c1cc(Cl)ccc1OCc1cnn(C)c1. The van der Waals surface area contributed by atoms with Crippen LogP contribution in [0.4, 0.5) is 0 Å². The molecule has 0 aliphatic heterocycles. The molecular weight excluding hydrogens is 250 g/mol. The van der Waals surface area contributed by atoms with Crippen LogP contribution in [0.5, 0.6) is 5.75 Å². The minimum absolute atomic E-state index is 0.118. The van der Waals surface area contributed by atoms with Gasteiger partial charge in [-0.15, -0.1) is 0 Å². The van der Waals surface area contributed by atoms with E-state index < -0.39 is 0 Å². The molecule has 96 valence electrons. The molecule has 0 fully saturated rings. The van der Waals surface area contributed by atoms with Crippen molar-refractivity contribution in [2.45, 2.75) is 19.6 Å². The molecule has 0 aliphatic rings. The Labute approximate surface area is 111 Å². The van der Waals surface area contributed by atoms with Gasteiger partial charge in [-0.1, -0.05) is 11.6 Å². The third-order valence-corrected chi connectivity index (χ3v) is 2.85. The van der Waals surface area contributed by atoms with Gasteiger partial charge in [0.15, 0.2) is 0 Å². The van der Waals surface area contributed by atoms with Gasteiger partial charge in [-0.05, 0) is 25.1 Å². The first kappa shape index (κ1) is 12.9. The monoisotopic (exact) mass is 265 g/mol. The third kappa shape index (κ3) is 3.03. The minimum atomic E-state index is -0.118. The molecule has 1 aromatic carbocycles. The second-order valence-electron chi connectivity index (χ2n) is 4.28. The lowest BCUT2D eigenvalue weighted by atomic mass is 10.1. The van der Waals surface area contributed by atoms with Crippen molar-refractivity contribution in [3.63, 3.8) is 0 Å². The maximum Gasteiger partial charge on any atom is 0.124 e. The Hall–Kier alpha value is -1.52. The van der Waals surface area contributed by atoms with Crippen molar-refractivity contribution in [2.75, 3.05) is 0 Å². The molecule has 0 saturated carbocycles. The predicted molar refractivity (Wildman–Crippen MR) is 71.6 cm³/mol. The molecule has 0 bridgehead atoms. The first-order chi connectivity index (χ1) is 8.56. The molecule has 0 radical (unpaired) electrons. The van der Waals surface area contributed by atoms with Crippen LogP contribution in [0, 0.1) is 0 Å². The Bertz CT molecular complexity index is 537. The fourth-order valence-corrected chi connectivity index (χ4v) is 1.89. The molecule has 1 atom stereocenters. The van der Waals surface area contributed by atoms with E-state index in [0.717, 1.165) is 16.9 Å². The van der Waals surface area contributed by atoms with E-state index in [2.05, 4.69) is 5.10 Å². The third-order valence-electron chi connectivity index (χ3n) is 2.62. The summed E-state index contributed by atoms with van der Waals surface area (Å²) in [7, 11) is 1.87. The topological polar surface area (TPSA) is 53.1 Å². The summed E-state index contributed by atoms with van der Waals surface area (Å²) in [5, 5.41) is 4.75. The fraction of sp³-hybridized carbons (Fsp3) is 0.308. The average molecular weight is 266 g/mol. The highest BCUT2D eigenvalue weighted by Crippen LogP contribution is 2.27. The Kier molecular flexibility index (Phi) is 3.89. The number of hydrogen-bond acceptors (Lipinski definition) is 3. The van der Waals surface area contributed by atoms with Gasteiger partial charge in [0.1, 0.15) is 12.4 Å². The molecule has 4 nitrogen and oxygen atoms in total.